The van der Waals surface area contributed by atoms with E-state index in [1.807, 2.05) is 0 Å². The van der Waals surface area contributed by atoms with Gasteiger partial charge in [-0.2, -0.15) is 17.5 Å². The van der Waals surface area contributed by atoms with Crippen LogP contribution in [0.1, 0.15) is 15.9 Å². The van der Waals surface area contributed by atoms with Crippen molar-refractivity contribution < 1.29 is 35.5 Å². The molecule has 1 aliphatic heterocycles. The van der Waals surface area contributed by atoms with Gasteiger partial charge in [0.1, 0.15) is 10.7 Å². The first-order valence-corrected chi connectivity index (χ1v) is 10.4. The summed E-state index contributed by atoms with van der Waals surface area (Å²) in [7, 11) is -4.23. The fourth-order valence-electron chi connectivity index (χ4n) is 2.76. The van der Waals surface area contributed by atoms with Gasteiger partial charge in [-0.05, 0) is 36.4 Å². The highest BCUT2D eigenvalue weighted by molar-refractivity contribution is 7.89. The van der Waals surface area contributed by atoms with Crippen LogP contribution in [-0.2, 0) is 20.9 Å². The summed E-state index contributed by atoms with van der Waals surface area (Å²) in [6.45, 7) is 0.347. The Morgan fingerprint density at radius 3 is 2.40 bits per heavy atom. The number of nitrogens with zero attached hydrogens (tertiary/aromatic N) is 1. The highest BCUT2D eigenvalue weighted by Gasteiger charge is 2.32. The topological polar surface area (TPSA) is 75.7 Å². The number of amides is 1. The van der Waals surface area contributed by atoms with E-state index in [1.54, 1.807) is 0 Å². The molecule has 30 heavy (non-hydrogen) atoms. The first kappa shape index (κ1) is 22.5. The predicted octanol–water partition coefficient (Wildman–Crippen LogP) is 3.77. The molecule has 0 aliphatic carbocycles. The maximum Gasteiger partial charge on any atom is 0.416 e. The molecule has 162 valence electrons. The van der Waals surface area contributed by atoms with Gasteiger partial charge in [-0.15, -0.1) is 0 Å². The number of hydrogen-bond donors (Lipinski definition) is 1. The average molecular weight is 467 g/mol. The summed E-state index contributed by atoms with van der Waals surface area (Å²) in [5.74, 6) is -2.01. The molecule has 2 aromatic rings. The van der Waals surface area contributed by atoms with E-state index in [9.17, 15) is 30.8 Å². The molecule has 1 N–H and O–H groups in total. The quantitative estimate of drug-likeness (QED) is 0.696. The van der Waals surface area contributed by atoms with E-state index in [0.29, 0.717) is 6.07 Å². The Labute approximate surface area is 174 Å². The van der Waals surface area contributed by atoms with E-state index in [2.05, 4.69) is 5.32 Å². The third-order valence-electron chi connectivity index (χ3n) is 4.32. The van der Waals surface area contributed by atoms with E-state index in [-0.39, 0.29) is 42.6 Å². The lowest BCUT2D eigenvalue weighted by atomic mass is 10.1. The molecule has 1 heterocycles. The zero-order valence-corrected chi connectivity index (χ0v) is 16.7. The number of ether oxygens (including phenoxy) is 1. The van der Waals surface area contributed by atoms with Crippen molar-refractivity contribution in [3.8, 4) is 0 Å². The molecule has 1 amide bonds. The lowest BCUT2D eigenvalue weighted by molar-refractivity contribution is -0.137. The number of nitrogens with one attached hydrogen (secondary N) is 1. The predicted molar refractivity (Wildman–Crippen MR) is 100 cm³/mol. The van der Waals surface area contributed by atoms with E-state index >= 15 is 0 Å². The van der Waals surface area contributed by atoms with Crippen molar-refractivity contribution >= 4 is 33.2 Å². The molecular weight excluding hydrogens is 452 g/mol. The van der Waals surface area contributed by atoms with Crippen LogP contribution >= 0.6 is 11.6 Å². The van der Waals surface area contributed by atoms with Crippen LogP contribution in [0, 0.1) is 5.82 Å². The van der Waals surface area contributed by atoms with Gasteiger partial charge in [0.15, 0.2) is 0 Å². The monoisotopic (exact) mass is 466 g/mol. The second-order valence-electron chi connectivity index (χ2n) is 6.31. The molecule has 0 saturated carbocycles. The first-order valence-electron chi connectivity index (χ1n) is 8.55. The first-order chi connectivity index (χ1) is 14.0. The summed E-state index contributed by atoms with van der Waals surface area (Å²) in [6.07, 6.45) is -4.65. The number of anilines is 1. The molecule has 1 aliphatic rings. The van der Waals surface area contributed by atoms with E-state index in [0.717, 1.165) is 34.6 Å². The second kappa shape index (κ2) is 8.50. The Kier molecular flexibility index (Phi) is 6.37. The Balaban J connectivity index is 1.90. The molecule has 0 atom stereocenters. The minimum absolute atomic E-state index is 0.0258. The van der Waals surface area contributed by atoms with Crippen LogP contribution < -0.4 is 5.32 Å². The van der Waals surface area contributed by atoms with Crippen LogP contribution in [0.3, 0.4) is 0 Å². The number of benzene rings is 2. The lowest BCUT2D eigenvalue weighted by Crippen LogP contribution is -2.41. The van der Waals surface area contributed by atoms with Crippen molar-refractivity contribution in [2.75, 3.05) is 31.6 Å². The summed E-state index contributed by atoms with van der Waals surface area (Å²) in [6, 6.07) is 5.02. The fraction of sp³-hybridized carbons (Fsp3) is 0.278. The van der Waals surface area contributed by atoms with Gasteiger partial charge in [-0.25, -0.2) is 12.8 Å². The van der Waals surface area contributed by atoms with Gasteiger partial charge in [0, 0.05) is 18.7 Å². The smallest absolute Gasteiger partial charge is 0.379 e. The minimum Gasteiger partial charge on any atom is -0.379 e. The largest absolute Gasteiger partial charge is 0.416 e. The SMILES string of the molecule is O=C(Nc1cc(C(F)(F)F)ccc1Cl)c1ccc(F)c(S(=O)(=O)N2CCOCC2)c1. The van der Waals surface area contributed by atoms with Crippen molar-refractivity contribution in [2.45, 2.75) is 11.1 Å². The zero-order valence-electron chi connectivity index (χ0n) is 15.2. The molecule has 0 spiro atoms. The maximum absolute atomic E-state index is 14.2. The molecule has 0 unspecified atom stereocenters. The van der Waals surface area contributed by atoms with Gasteiger partial charge in [-0.1, -0.05) is 11.6 Å². The van der Waals surface area contributed by atoms with Gasteiger partial charge >= 0.3 is 6.18 Å². The normalized spacial score (nSPS) is 15.8. The molecule has 1 fully saturated rings. The molecule has 0 bridgehead atoms. The number of carbonyl (C=O) groups excluding carboxylic acids is 1. The van der Waals surface area contributed by atoms with Gasteiger partial charge < -0.3 is 10.1 Å². The van der Waals surface area contributed by atoms with Crippen LogP contribution in [0.2, 0.25) is 5.02 Å². The minimum atomic E-state index is -4.65. The number of sulfonamides is 1. The Morgan fingerprint density at radius 2 is 1.77 bits per heavy atom. The Bertz CT molecular complexity index is 1070. The molecule has 12 heteroatoms. The second-order valence-corrected chi connectivity index (χ2v) is 8.62. The number of halogens is 5. The summed E-state index contributed by atoms with van der Waals surface area (Å²) >= 11 is 5.85. The third-order valence-corrected chi connectivity index (χ3v) is 6.57. The summed E-state index contributed by atoms with van der Waals surface area (Å²) in [5, 5.41) is 2.04. The maximum atomic E-state index is 14.2. The van der Waals surface area contributed by atoms with Crippen molar-refractivity contribution in [3.63, 3.8) is 0 Å². The molecule has 6 nitrogen and oxygen atoms in total. The number of hydrogen-bond acceptors (Lipinski definition) is 4. The molecule has 0 aromatic heterocycles. The average Bonchev–Trinajstić information content (AvgIpc) is 2.69. The number of rotatable bonds is 4. The highest BCUT2D eigenvalue weighted by atomic mass is 35.5. The van der Waals surface area contributed by atoms with Crippen LogP contribution in [0.15, 0.2) is 41.3 Å². The molecule has 1 saturated heterocycles. The number of alkyl halides is 3. The van der Waals surface area contributed by atoms with E-state index < -0.39 is 38.4 Å². The zero-order chi connectivity index (χ0) is 22.1. The van der Waals surface area contributed by atoms with Gasteiger partial charge in [0.05, 0.1) is 29.5 Å². The third kappa shape index (κ3) is 4.75. The molecule has 3 rings (SSSR count). The highest BCUT2D eigenvalue weighted by Crippen LogP contribution is 2.34. The van der Waals surface area contributed by atoms with Crippen molar-refractivity contribution in [1.82, 2.24) is 4.31 Å². The molecule has 2 aromatic carbocycles. The van der Waals surface area contributed by atoms with E-state index in [1.165, 1.54) is 0 Å². The van der Waals surface area contributed by atoms with Crippen molar-refractivity contribution in [1.29, 1.82) is 0 Å². The number of morpholine rings is 1. The summed E-state index contributed by atoms with van der Waals surface area (Å²) in [4.78, 5) is 11.8. The van der Waals surface area contributed by atoms with Crippen LogP contribution in [-0.4, -0.2) is 44.9 Å². The van der Waals surface area contributed by atoms with Gasteiger partial charge in [-0.3, -0.25) is 4.79 Å². The Hall–Kier alpha value is -2.21. The van der Waals surface area contributed by atoms with Crippen LogP contribution in [0.5, 0.6) is 0 Å². The molecule has 0 radical (unpaired) electrons. The Morgan fingerprint density at radius 1 is 1.10 bits per heavy atom. The number of carbonyl (C=O) groups is 1. The van der Waals surface area contributed by atoms with Gasteiger partial charge in [0.2, 0.25) is 10.0 Å². The summed E-state index contributed by atoms with van der Waals surface area (Å²) in [5.41, 5.74) is -1.62. The van der Waals surface area contributed by atoms with Crippen LogP contribution in [0.25, 0.3) is 0 Å². The lowest BCUT2D eigenvalue weighted by Gasteiger charge is -2.26. The molecular formula is C18H15ClF4N2O4S. The fourth-order valence-corrected chi connectivity index (χ4v) is 4.42. The van der Waals surface area contributed by atoms with Crippen LogP contribution in [0.4, 0.5) is 23.2 Å². The van der Waals surface area contributed by atoms with Crippen molar-refractivity contribution in [3.05, 3.63) is 58.4 Å². The summed E-state index contributed by atoms with van der Waals surface area (Å²) < 4.78 is 84.4. The van der Waals surface area contributed by atoms with E-state index in [4.69, 9.17) is 16.3 Å². The standard InChI is InChI=1S/C18H15ClF4N2O4S/c19-13-3-2-12(18(21,22)23)10-15(13)24-17(26)11-1-4-14(20)16(9-11)30(27,28)25-5-7-29-8-6-25/h1-4,9-10H,5-8H2,(H,24,26). The van der Waals surface area contributed by atoms with Gasteiger partial charge in [0.25, 0.3) is 5.91 Å². The van der Waals surface area contributed by atoms with Crippen molar-refractivity contribution in [2.24, 2.45) is 0 Å².